The van der Waals surface area contributed by atoms with Gasteiger partial charge in [0.2, 0.25) is 5.91 Å². The zero-order valence-electron chi connectivity index (χ0n) is 15.7. The Morgan fingerprint density at radius 2 is 1.96 bits per heavy atom. The second kappa shape index (κ2) is 6.21. The Hall–Kier alpha value is -2.30. The summed E-state index contributed by atoms with van der Waals surface area (Å²) in [5.41, 5.74) is 0.555. The van der Waals surface area contributed by atoms with Gasteiger partial charge in [0, 0.05) is 26.0 Å². The molecule has 0 radical (unpaired) electrons. The molecule has 1 heterocycles. The number of hydrogen-bond donors (Lipinski definition) is 0. The molecule has 0 saturated heterocycles. The molecule has 3 rings (SSSR count). The number of carbonyl (C=O) groups is 1. The molecule has 1 saturated carbocycles. The molecular weight excluding hydrogens is 314 g/mol. The van der Waals surface area contributed by atoms with Gasteiger partial charge in [0.05, 0.1) is 19.1 Å². The van der Waals surface area contributed by atoms with Gasteiger partial charge < -0.3 is 14.2 Å². The number of imidazole rings is 1. The van der Waals surface area contributed by atoms with E-state index < -0.39 is 5.41 Å². The lowest BCUT2D eigenvalue weighted by atomic mass is 9.86. The fourth-order valence-electron chi connectivity index (χ4n) is 3.86. The summed E-state index contributed by atoms with van der Waals surface area (Å²) in [5, 5.41) is 0. The lowest BCUT2D eigenvalue weighted by molar-refractivity contribution is -0.134. The first-order chi connectivity index (χ1) is 11.9. The van der Waals surface area contributed by atoms with Crippen molar-refractivity contribution in [2.45, 2.75) is 45.7 Å². The number of methoxy groups -OCH3 is 1. The van der Waals surface area contributed by atoms with E-state index in [0.717, 1.165) is 30.1 Å². The average Bonchev–Trinajstić information content (AvgIpc) is 2.95. The Morgan fingerprint density at radius 3 is 2.48 bits per heavy atom. The molecule has 1 atom stereocenters. The lowest BCUT2D eigenvalue weighted by Gasteiger charge is -2.27. The van der Waals surface area contributed by atoms with Gasteiger partial charge >= 0.3 is 0 Å². The van der Waals surface area contributed by atoms with Crippen LogP contribution in [0.3, 0.4) is 0 Å². The summed E-state index contributed by atoms with van der Waals surface area (Å²) >= 11 is 0. The Morgan fingerprint density at radius 1 is 1.32 bits per heavy atom. The second-order valence-corrected chi connectivity index (χ2v) is 7.49. The van der Waals surface area contributed by atoms with Crippen molar-refractivity contribution < 1.29 is 9.53 Å². The zero-order valence-corrected chi connectivity index (χ0v) is 15.7. The minimum Gasteiger partial charge on any atom is -0.497 e. The van der Waals surface area contributed by atoms with Crippen molar-refractivity contribution in [2.75, 3.05) is 14.2 Å². The molecule has 0 unspecified atom stereocenters. The number of likely N-dealkylation sites (N-methyl/N-ethyl adjacent to an activating group) is 1. The summed E-state index contributed by atoms with van der Waals surface area (Å²) in [6.07, 6.45) is 4.60. The van der Waals surface area contributed by atoms with Crippen molar-refractivity contribution in [3.05, 3.63) is 48.0 Å². The Labute approximate surface area is 149 Å². The Balaban J connectivity index is 1.86. The number of hydrogen-bond acceptors (Lipinski definition) is 3. The average molecular weight is 341 g/mol. The van der Waals surface area contributed by atoms with Crippen molar-refractivity contribution in [3.8, 4) is 5.75 Å². The van der Waals surface area contributed by atoms with Gasteiger partial charge in [-0.3, -0.25) is 4.79 Å². The molecular formula is C20H27N3O2. The molecule has 1 fully saturated rings. The summed E-state index contributed by atoms with van der Waals surface area (Å²) in [6.45, 7) is 7.78. The zero-order chi connectivity index (χ0) is 18.2. The van der Waals surface area contributed by atoms with E-state index in [1.165, 1.54) is 0 Å². The molecule has 25 heavy (non-hydrogen) atoms. The van der Waals surface area contributed by atoms with E-state index in [4.69, 9.17) is 4.74 Å². The van der Waals surface area contributed by atoms with Crippen LogP contribution in [-0.2, 0) is 23.3 Å². The maximum atomic E-state index is 13.4. The van der Waals surface area contributed by atoms with E-state index in [1.807, 2.05) is 42.4 Å². The molecule has 0 bridgehead atoms. The number of ether oxygens (including phenoxy) is 1. The molecule has 1 aliphatic carbocycles. The largest absolute Gasteiger partial charge is 0.497 e. The van der Waals surface area contributed by atoms with Crippen LogP contribution >= 0.6 is 0 Å². The minimum absolute atomic E-state index is 0.0485. The fourth-order valence-corrected chi connectivity index (χ4v) is 3.86. The summed E-state index contributed by atoms with van der Waals surface area (Å²) < 4.78 is 7.32. The van der Waals surface area contributed by atoms with Crippen LogP contribution in [0.2, 0.25) is 0 Å². The highest BCUT2D eigenvalue weighted by Crippen LogP contribution is 2.65. The molecule has 5 heteroatoms. The number of carbonyl (C=O) groups excluding carboxylic acids is 1. The van der Waals surface area contributed by atoms with Crippen molar-refractivity contribution in [1.82, 2.24) is 14.5 Å². The quantitative estimate of drug-likeness (QED) is 0.810. The topological polar surface area (TPSA) is 47.4 Å². The Kier molecular flexibility index (Phi) is 4.35. The standard InChI is InChI=1S/C20H27N3O2/c1-6-23-12-11-21-17(23)13-22(4)18(24)20(14-19(20,2)3)15-7-9-16(25-5)10-8-15/h7-12H,6,13-14H2,1-5H3/t20-/m0/s1. The first kappa shape index (κ1) is 17.5. The molecule has 1 aromatic heterocycles. The van der Waals surface area contributed by atoms with Crippen molar-refractivity contribution in [3.63, 3.8) is 0 Å². The van der Waals surface area contributed by atoms with Gasteiger partial charge in [0.25, 0.3) is 0 Å². The van der Waals surface area contributed by atoms with Crippen LogP contribution < -0.4 is 4.74 Å². The predicted molar refractivity (Wildman–Crippen MR) is 97.4 cm³/mol. The first-order valence-electron chi connectivity index (χ1n) is 8.76. The van der Waals surface area contributed by atoms with Gasteiger partial charge in [0.15, 0.2) is 0 Å². The third kappa shape index (κ3) is 2.81. The van der Waals surface area contributed by atoms with Crippen LogP contribution in [0.25, 0.3) is 0 Å². The number of nitrogens with zero attached hydrogens (tertiary/aromatic N) is 3. The van der Waals surface area contributed by atoms with Crippen molar-refractivity contribution >= 4 is 5.91 Å². The van der Waals surface area contributed by atoms with Crippen LogP contribution in [0.15, 0.2) is 36.7 Å². The van der Waals surface area contributed by atoms with Gasteiger partial charge in [-0.25, -0.2) is 4.98 Å². The normalized spacial score (nSPS) is 21.0. The smallest absolute Gasteiger partial charge is 0.233 e. The maximum Gasteiger partial charge on any atom is 0.233 e. The van der Waals surface area contributed by atoms with Crippen LogP contribution in [-0.4, -0.2) is 34.5 Å². The summed E-state index contributed by atoms with van der Waals surface area (Å²) in [6, 6.07) is 7.91. The molecule has 0 aliphatic heterocycles. The number of amides is 1. The molecule has 0 spiro atoms. The highest BCUT2D eigenvalue weighted by molar-refractivity contribution is 5.93. The van der Waals surface area contributed by atoms with Gasteiger partial charge in [-0.1, -0.05) is 26.0 Å². The molecule has 1 aromatic carbocycles. The monoisotopic (exact) mass is 341 g/mol. The molecule has 134 valence electrons. The van der Waals surface area contributed by atoms with E-state index in [1.54, 1.807) is 13.3 Å². The summed E-state index contributed by atoms with van der Waals surface area (Å²) in [7, 11) is 3.53. The number of rotatable bonds is 6. The Bertz CT molecular complexity index is 764. The molecule has 1 amide bonds. The van der Waals surface area contributed by atoms with Gasteiger partial charge in [0.1, 0.15) is 11.6 Å². The minimum atomic E-state index is -0.461. The van der Waals surface area contributed by atoms with Crippen LogP contribution in [0, 0.1) is 5.41 Å². The van der Waals surface area contributed by atoms with Crippen LogP contribution in [0.5, 0.6) is 5.75 Å². The van der Waals surface area contributed by atoms with E-state index >= 15 is 0 Å². The number of aromatic nitrogens is 2. The van der Waals surface area contributed by atoms with E-state index in [9.17, 15) is 4.79 Å². The van der Waals surface area contributed by atoms with E-state index in [2.05, 4.69) is 30.3 Å². The van der Waals surface area contributed by atoms with Crippen LogP contribution in [0.4, 0.5) is 0 Å². The van der Waals surface area contributed by atoms with Crippen LogP contribution in [0.1, 0.15) is 38.6 Å². The lowest BCUT2D eigenvalue weighted by Crippen LogP contribution is -2.39. The number of benzene rings is 1. The first-order valence-corrected chi connectivity index (χ1v) is 8.76. The molecule has 5 nitrogen and oxygen atoms in total. The van der Waals surface area contributed by atoms with E-state index in [-0.39, 0.29) is 11.3 Å². The third-order valence-corrected chi connectivity index (χ3v) is 5.55. The second-order valence-electron chi connectivity index (χ2n) is 7.49. The molecule has 1 aliphatic rings. The van der Waals surface area contributed by atoms with Crippen molar-refractivity contribution in [2.24, 2.45) is 5.41 Å². The van der Waals surface area contributed by atoms with Crippen molar-refractivity contribution in [1.29, 1.82) is 0 Å². The summed E-state index contributed by atoms with van der Waals surface area (Å²) in [4.78, 5) is 19.6. The highest BCUT2D eigenvalue weighted by Gasteiger charge is 2.67. The third-order valence-electron chi connectivity index (χ3n) is 5.55. The van der Waals surface area contributed by atoms with Gasteiger partial charge in [-0.2, -0.15) is 0 Å². The highest BCUT2D eigenvalue weighted by atomic mass is 16.5. The maximum absolute atomic E-state index is 13.4. The molecule has 2 aromatic rings. The van der Waals surface area contributed by atoms with Gasteiger partial charge in [-0.05, 0) is 36.5 Å². The fraction of sp³-hybridized carbons (Fsp3) is 0.500. The SMILES string of the molecule is CCn1ccnc1CN(C)C(=O)[C@@]1(c2ccc(OC)cc2)CC1(C)C. The van der Waals surface area contributed by atoms with E-state index in [0.29, 0.717) is 6.54 Å². The predicted octanol–water partition coefficient (Wildman–Crippen LogP) is 3.24. The summed E-state index contributed by atoms with van der Waals surface area (Å²) in [5.74, 6) is 1.89. The number of aryl methyl sites for hydroxylation is 1. The molecule has 0 N–H and O–H groups in total. The van der Waals surface area contributed by atoms with Gasteiger partial charge in [-0.15, -0.1) is 0 Å².